The van der Waals surface area contributed by atoms with Crippen LogP contribution < -0.4 is 9.47 Å². The van der Waals surface area contributed by atoms with Gasteiger partial charge in [-0.2, -0.15) is 0 Å². The number of benzene rings is 2. The minimum absolute atomic E-state index is 0.0345. The second kappa shape index (κ2) is 7.70. The zero-order chi connectivity index (χ0) is 20.3. The molecule has 0 amide bonds. The van der Waals surface area contributed by atoms with E-state index in [-0.39, 0.29) is 23.0 Å². The number of methoxy groups -OCH3 is 1. The Labute approximate surface area is 159 Å². The number of aliphatic imine (C=N–C) groups is 1. The fourth-order valence-corrected chi connectivity index (χ4v) is 2.43. The van der Waals surface area contributed by atoms with E-state index in [2.05, 4.69) is 4.99 Å². The fraction of sp³-hybridized carbons (Fsp3) is 0.105. The van der Waals surface area contributed by atoms with Crippen molar-refractivity contribution in [1.29, 1.82) is 0 Å². The van der Waals surface area contributed by atoms with Crippen LogP contribution in [-0.2, 0) is 14.3 Å². The molecule has 142 valence electrons. The van der Waals surface area contributed by atoms with Crippen LogP contribution in [0, 0.1) is 10.1 Å². The number of nitrogens with zero attached hydrogens (tertiary/aromatic N) is 2. The lowest BCUT2D eigenvalue weighted by atomic mass is 10.1. The van der Waals surface area contributed by atoms with Crippen molar-refractivity contribution in [2.45, 2.75) is 6.92 Å². The van der Waals surface area contributed by atoms with Gasteiger partial charge in [0.15, 0.2) is 17.2 Å². The van der Waals surface area contributed by atoms with Gasteiger partial charge in [0.05, 0.1) is 12.0 Å². The first-order chi connectivity index (χ1) is 13.4. The maximum atomic E-state index is 12.1. The molecule has 2 aromatic rings. The van der Waals surface area contributed by atoms with E-state index >= 15 is 0 Å². The predicted octanol–water partition coefficient (Wildman–Crippen LogP) is 2.87. The summed E-state index contributed by atoms with van der Waals surface area (Å²) in [6.07, 6.45) is 1.47. The monoisotopic (exact) mass is 382 g/mol. The van der Waals surface area contributed by atoms with Gasteiger partial charge in [-0.15, -0.1) is 0 Å². The highest BCUT2D eigenvalue weighted by atomic mass is 16.6. The Balaban J connectivity index is 1.90. The minimum Gasteiger partial charge on any atom is -0.493 e. The Morgan fingerprint density at radius 2 is 1.89 bits per heavy atom. The summed E-state index contributed by atoms with van der Waals surface area (Å²) in [7, 11) is 1.44. The molecule has 0 bridgehead atoms. The van der Waals surface area contributed by atoms with Crippen molar-refractivity contribution in [2.24, 2.45) is 4.99 Å². The average molecular weight is 382 g/mol. The topological polar surface area (TPSA) is 117 Å². The fourth-order valence-electron chi connectivity index (χ4n) is 2.43. The van der Waals surface area contributed by atoms with Gasteiger partial charge >= 0.3 is 11.9 Å². The number of carbonyl (C=O) groups excluding carboxylic acids is 2. The Hall–Kier alpha value is -4.01. The van der Waals surface area contributed by atoms with Crippen molar-refractivity contribution in [3.8, 4) is 11.5 Å². The molecule has 0 atom stereocenters. The Morgan fingerprint density at radius 1 is 1.18 bits per heavy atom. The summed E-state index contributed by atoms with van der Waals surface area (Å²) in [6, 6.07) is 10.3. The van der Waals surface area contributed by atoms with Gasteiger partial charge in [0.25, 0.3) is 5.69 Å². The van der Waals surface area contributed by atoms with E-state index in [1.807, 2.05) is 0 Å². The Kier molecular flexibility index (Phi) is 5.16. The third-order valence-corrected chi connectivity index (χ3v) is 3.69. The SMILES string of the molecule is COc1ccc(/C=C2\N=C(c3ccc([N+](=O)[O-])cc3)OC2=O)cc1OC(C)=O. The molecule has 0 saturated carbocycles. The van der Waals surface area contributed by atoms with Gasteiger partial charge in [0, 0.05) is 24.6 Å². The molecule has 28 heavy (non-hydrogen) atoms. The van der Waals surface area contributed by atoms with Crippen LogP contribution >= 0.6 is 0 Å². The highest BCUT2D eigenvalue weighted by Gasteiger charge is 2.24. The molecule has 2 aromatic carbocycles. The van der Waals surface area contributed by atoms with Crippen LogP contribution in [0.25, 0.3) is 6.08 Å². The first-order valence-electron chi connectivity index (χ1n) is 8.01. The van der Waals surface area contributed by atoms with Crippen LogP contribution in [0.2, 0.25) is 0 Å². The summed E-state index contributed by atoms with van der Waals surface area (Å²) >= 11 is 0. The number of hydrogen-bond donors (Lipinski definition) is 0. The van der Waals surface area contributed by atoms with E-state index < -0.39 is 16.9 Å². The highest BCUT2D eigenvalue weighted by molar-refractivity contribution is 6.12. The molecule has 0 unspecified atom stereocenters. The number of nitro groups is 1. The third kappa shape index (κ3) is 4.04. The maximum absolute atomic E-state index is 12.1. The van der Waals surface area contributed by atoms with Gasteiger partial charge in [-0.05, 0) is 35.9 Å². The van der Waals surface area contributed by atoms with Crippen LogP contribution in [0.5, 0.6) is 11.5 Å². The summed E-state index contributed by atoms with van der Waals surface area (Å²) in [5, 5.41) is 10.7. The van der Waals surface area contributed by atoms with E-state index in [0.29, 0.717) is 16.9 Å². The lowest BCUT2D eigenvalue weighted by Crippen LogP contribution is -2.05. The van der Waals surface area contributed by atoms with E-state index in [4.69, 9.17) is 14.2 Å². The number of carbonyl (C=O) groups is 2. The summed E-state index contributed by atoms with van der Waals surface area (Å²) in [5.74, 6) is -0.573. The number of nitro benzene ring substituents is 1. The van der Waals surface area contributed by atoms with Crippen molar-refractivity contribution >= 4 is 29.6 Å². The highest BCUT2D eigenvalue weighted by Crippen LogP contribution is 2.30. The van der Waals surface area contributed by atoms with E-state index in [0.717, 1.165) is 0 Å². The molecular formula is C19H14N2O7. The number of cyclic esters (lactones) is 1. The molecule has 0 spiro atoms. The molecular weight excluding hydrogens is 368 g/mol. The van der Waals surface area contributed by atoms with Crippen molar-refractivity contribution in [3.63, 3.8) is 0 Å². The van der Waals surface area contributed by atoms with Crippen LogP contribution in [-0.4, -0.2) is 29.9 Å². The molecule has 0 N–H and O–H groups in total. The van der Waals surface area contributed by atoms with Gasteiger partial charge in [-0.25, -0.2) is 9.79 Å². The molecule has 0 radical (unpaired) electrons. The molecule has 1 aliphatic rings. The summed E-state index contributed by atoms with van der Waals surface area (Å²) in [4.78, 5) is 37.7. The number of hydrogen-bond acceptors (Lipinski definition) is 8. The lowest BCUT2D eigenvalue weighted by Gasteiger charge is -2.08. The van der Waals surface area contributed by atoms with E-state index in [9.17, 15) is 19.7 Å². The van der Waals surface area contributed by atoms with Crippen molar-refractivity contribution < 1.29 is 28.7 Å². The van der Waals surface area contributed by atoms with Gasteiger partial charge in [0.1, 0.15) is 0 Å². The Bertz CT molecular complexity index is 1020. The van der Waals surface area contributed by atoms with E-state index in [1.165, 1.54) is 50.4 Å². The number of esters is 2. The van der Waals surface area contributed by atoms with Gasteiger partial charge in [-0.1, -0.05) is 6.07 Å². The largest absolute Gasteiger partial charge is 0.493 e. The Morgan fingerprint density at radius 3 is 2.50 bits per heavy atom. The predicted molar refractivity (Wildman–Crippen MR) is 98.0 cm³/mol. The number of non-ortho nitro benzene ring substituents is 1. The molecule has 0 aromatic heterocycles. The summed E-state index contributed by atoms with van der Waals surface area (Å²) < 4.78 is 15.4. The molecule has 1 heterocycles. The molecule has 0 aliphatic carbocycles. The quantitative estimate of drug-likeness (QED) is 0.256. The maximum Gasteiger partial charge on any atom is 0.363 e. The molecule has 0 fully saturated rings. The standard InChI is InChI=1S/C19H14N2O7/c1-11(22)27-17-10-12(3-8-16(17)26-2)9-15-19(23)28-18(20-15)13-4-6-14(7-5-13)21(24)25/h3-10H,1-2H3/b15-9-. The molecule has 0 saturated heterocycles. The summed E-state index contributed by atoms with van der Waals surface area (Å²) in [5.41, 5.74) is 0.920. The third-order valence-electron chi connectivity index (χ3n) is 3.69. The average Bonchev–Trinajstić information content (AvgIpc) is 3.02. The minimum atomic E-state index is -0.668. The second-order valence-electron chi connectivity index (χ2n) is 5.64. The van der Waals surface area contributed by atoms with Crippen LogP contribution in [0.4, 0.5) is 5.69 Å². The molecule has 3 rings (SSSR count). The van der Waals surface area contributed by atoms with Crippen molar-refractivity contribution in [1.82, 2.24) is 0 Å². The molecule has 1 aliphatic heterocycles. The normalized spacial score (nSPS) is 14.4. The molecule has 9 heteroatoms. The van der Waals surface area contributed by atoms with Crippen molar-refractivity contribution in [3.05, 3.63) is 69.4 Å². The van der Waals surface area contributed by atoms with Gasteiger partial charge in [0.2, 0.25) is 5.90 Å². The lowest BCUT2D eigenvalue weighted by molar-refractivity contribution is -0.384. The van der Waals surface area contributed by atoms with Gasteiger partial charge < -0.3 is 14.2 Å². The first-order valence-corrected chi connectivity index (χ1v) is 8.01. The van der Waals surface area contributed by atoms with E-state index in [1.54, 1.807) is 12.1 Å². The van der Waals surface area contributed by atoms with Crippen LogP contribution in [0.3, 0.4) is 0 Å². The zero-order valence-electron chi connectivity index (χ0n) is 14.9. The van der Waals surface area contributed by atoms with Crippen LogP contribution in [0.15, 0.2) is 53.2 Å². The first kappa shape index (κ1) is 18.8. The number of ether oxygens (including phenoxy) is 3. The van der Waals surface area contributed by atoms with Gasteiger partial charge in [-0.3, -0.25) is 14.9 Å². The second-order valence-corrected chi connectivity index (χ2v) is 5.64. The number of rotatable bonds is 5. The smallest absolute Gasteiger partial charge is 0.363 e. The molecule has 9 nitrogen and oxygen atoms in total. The van der Waals surface area contributed by atoms with Crippen molar-refractivity contribution in [2.75, 3.05) is 7.11 Å². The van der Waals surface area contributed by atoms with Crippen LogP contribution in [0.1, 0.15) is 18.1 Å². The summed E-state index contributed by atoms with van der Waals surface area (Å²) in [6.45, 7) is 1.26. The zero-order valence-corrected chi connectivity index (χ0v) is 14.9.